The van der Waals surface area contributed by atoms with E-state index in [1.807, 2.05) is 22.8 Å². The average Bonchev–Trinajstić information content (AvgIpc) is 3.01. The number of ether oxygens (including phenoxy) is 2. The van der Waals surface area contributed by atoms with Gasteiger partial charge in [-0.25, -0.2) is 0 Å². The molecule has 146 valence electrons. The smallest absolute Gasteiger partial charge is 0.280 e. The van der Waals surface area contributed by atoms with Crippen molar-refractivity contribution >= 4 is 33.1 Å². The summed E-state index contributed by atoms with van der Waals surface area (Å²) in [6.45, 7) is 2.52. The Morgan fingerprint density at radius 1 is 1.29 bits per heavy atom. The Kier molecular flexibility index (Phi) is 5.86. The molecule has 0 saturated carbocycles. The highest BCUT2D eigenvalue weighted by Crippen LogP contribution is 2.24. The molecular weight excluding hydrogens is 382 g/mol. The summed E-state index contributed by atoms with van der Waals surface area (Å²) in [5.74, 6) is 0.186. The van der Waals surface area contributed by atoms with Crippen LogP contribution in [0.2, 0.25) is 0 Å². The number of nitro groups is 1. The van der Waals surface area contributed by atoms with Gasteiger partial charge in [0.2, 0.25) is 0 Å². The van der Waals surface area contributed by atoms with Crippen LogP contribution in [-0.4, -0.2) is 36.2 Å². The number of methoxy groups -OCH3 is 2. The van der Waals surface area contributed by atoms with Crippen molar-refractivity contribution in [3.05, 3.63) is 62.4 Å². The maximum Gasteiger partial charge on any atom is 0.280 e. The Hall–Kier alpha value is -3.04. The van der Waals surface area contributed by atoms with E-state index in [1.54, 1.807) is 27.2 Å². The molecule has 0 spiro atoms. The second-order valence-electron chi connectivity index (χ2n) is 5.99. The van der Waals surface area contributed by atoms with E-state index < -0.39 is 10.8 Å². The summed E-state index contributed by atoms with van der Waals surface area (Å²) < 4.78 is 13.2. The monoisotopic (exact) mass is 401 g/mol. The fraction of sp³-hybridized carbons (Fsp3) is 0.263. The third kappa shape index (κ3) is 3.80. The second kappa shape index (κ2) is 8.32. The minimum Gasteiger partial charge on any atom is -0.497 e. The summed E-state index contributed by atoms with van der Waals surface area (Å²) in [7, 11) is 3.19. The number of nitro benzene ring substituents is 1. The molecule has 3 aromatic rings. The first kappa shape index (κ1) is 19.7. The third-order valence-corrected chi connectivity index (χ3v) is 5.38. The van der Waals surface area contributed by atoms with E-state index >= 15 is 0 Å². The maximum atomic E-state index is 12.8. The zero-order valence-electron chi connectivity index (χ0n) is 15.7. The summed E-state index contributed by atoms with van der Waals surface area (Å²) >= 11 is 1.35. The summed E-state index contributed by atoms with van der Waals surface area (Å²) in [6.07, 6.45) is 0. The molecule has 2 aromatic carbocycles. The molecule has 0 atom stereocenters. The minimum atomic E-state index is -0.522. The predicted octanol–water partition coefficient (Wildman–Crippen LogP) is 3.32. The lowest BCUT2D eigenvalue weighted by molar-refractivity contribution is -0.385. The van der Waals surface area contributed by atoms with Crippen molar-refractivity contribution in [2.24, 2.45) is 4.99 Å². The van der Waals surface area contributed by atoms with E-state index in [1.165, 1.54) is 23.5 Å². The Bertz CT molecular complexity index is 1120. The molecule has 0 radical (unpaired) electrons. The molecule has 9 heteroatoms. The van der Waals surface area contributed by atoms with Gasteiger partial charge in [0.25, 0.3) is 11.6 Å². The van der Waals surface area contributed by atoms with E-state index in [-0.39, 0.29) is 11.3 Å². The number of hydrogen-bond acceptors (Lipinski definition) is 6. The number of thiazole rings is 1. The van der Waals surface area contributed by atoms with E-state index in [9.17, 15) is 14.9 Å². The van der Waals surface area contributed by atoms with Gasteiger partial charge >= 0.3 is 0 Å². The van der Waals surface area contributed by atoms with Gasteiger partial charge in [0.05, 0.1) is 34.4 Å². The number of amides is 1. The van der Waals surface area contributed by atoms with Crippen LogP contribution in [0, 0.1) is 17.0 Å². The number of hydrogen-bond donors (Lipinski definition) is 0. The lowest BCUT2D eigenvalue weighted by Crippen LogP contribution is -2.19. The molecule has 0 N–H and O–H groups in total. The molecule has 0 aliphatic carbocycles. The van der Waals surface area contributed by atoms with Crippen LogP contribution in [0.4, 0.5) is 5.69 Å². The van der Waals surface area contributed by atoms with E-state index in [4.69, 9.17) is 9.47 Å². The molecule has 0 bridgehead atoms. The fourth-order valence-corrected chi connectivity index (χ4v) is 3.95. The highest BCUT2D eigenvalue weighted by Gasteiger charge is 2.18. The van der Waals surface area contributed by atoms with Crippen LogP contribution < -0.4 is 9.54 Å². The van der Waals surface area contributed by atoms with Crippen LogP contribution in [0.5, 0.6) is 5.75 Å². The predicted molar refractivity (Wildman–Crippen MR) is 106 cm³/mol. The van der Waals surface area contributed by atoms with Crippen LogP contribution in [0.15, 0.2) is 41.4 Å². The summed E-state index contributed by atoms with van der Waals surface area (Å²) in [4.78, 5) is 28.2. The van der Waals surface area contributed by atoms with Crippen molar-refractivity contribution in [3.63, 3.8) is 0 Å². The molecule has 8 nitrogen and oxygen atoms in total. The number of aromatic nitrogens is 1. The third-order valence-electron chi connectivity index (χ3n) is 4.34. The van der Waals surface area contributed by atoms with Crippen molar-refractivity contribution in [3.8, 4) is 5.75 Å². The molecule has 0 saturated heterocycles. The van der Waals surface area contributed by atoms with Gasteiger partial charge in [-0.2, -0.15) is 4.99 Å². The van der Waals surface area contributed by atoms with Crippen molar-refractivity contribution in [2.75, 3.05) is 20.8 Å². The first-order valence-corrected chi connectivity index (χ1v) is 9.27. The number of carbonyl (C=O) groups is 1. The Morgan fingerprint density at radius 2 is 2.07 bits per heavy atom. The Labute approximate surface area is 164 Å². The van der Waals surface area contributed by atoms with Gasteiger partial charge in [-0.05, 0) is 31.2 Å². The molecule has 1 aromatic heterocycles. The Morgan fingerprint density at radius 3 is 2.75 bits per heavy atom. The molecular formula is C19H19N3O5S. The number of carbonyl (C=O) groups excluding carboxylic acids is 1. The van der Waals surface area contributed by atoms with E-state index in [2.05, 4.69) is 4.99 Å². The van der Waals surface area contributed by atoms with Crippen LogP contribution >= 0.6 is 11.3 Å². The Balaban J connectivity index is 2.14. The van der Waals surface area contributed by atoms with Crippen molar-refractivity contribution < 1.29 is 19.2 Å². The van der Waals surface area contributed by atoms with Gasteiger partial charge in [-0.3, -0.25) is 14.9 Å². The van der Waals surface area contributed by atoms with E-state index in [0.717, 1.165) is 10.2 Å². The lowest BCUT2D eigenvalue weighted by atomic mass is 10.1. The number of benzene rings is 2. The fourth-order valence-electron chi connectivity index (χ4n) is 2.86. The van der Waals surface area contributed by atoms with Gasteiger partial charge < -0.3 is 14.0 Å². The quantitative estimate of drug-likeness (QED) is 0.466. The van der Waals surface area contributed by atoms with Gasteiger partial charge in [0.15, 0.2) is 4.80 Å². The van der Waals surface area contributed by atoms with E-state index in [0.29, 0.717) is 29.3 Å². The standard InChI is InChI=1S/C19H19N3O5S/c1-12-14(5-4-6-15(12)22(24)25)18(23)20-19-21(9-10-26-2)16-8-7-13(27-3)11-17(16)28-19/h4-8,11H,9-10H2,1-3H3. The molecule has 0 aliphatic heterocycles. The first-order chi connectivity index (χ1) is 13.5. The SMILES string of the molecule is COCCn1c(=NC(=O)c2cccc([N+](=O)[O-])c2C)sc2cc(OC)ccc21. The highest BCUT2D eigenvalue weighted by molar-refractivity contribution is 7.16. The zero-order valence-corrected chi connectivity index (χ0v) is 16.5. The lowest BCUT2D eigenvalue weighted by Gasteiger charge is -2.05. The van der Waals surface area contributed by atoms with Crippen molar-refractivity contribution in [1.82, 2.24) is 4.57 Å². The summed E-state index contributed by atoms with van der Waals surface area (Å²) in [5.41, 5.74) is 1.31. The minimum absolute atomic E-state index is 0.102. The maximum absolute atomic E-state index is 12.8. The average molecular weight is 401 g/mol. The molecule has 3 rings (SSSR count). The van der Waals surface area contributed by atoms with Gasteiger partial charge in [-0.1, -0.05) is 17.4 Å². The first-order valence-electron chi connectivity index (χ1n) is 8.45. The largest absolute Gasteiger partial charge is 0.497 e. The molecule has 28 heavy (non-hydrogen) atoms. The van der Waals surface area contributed by atoms with Crippen LogP contribution in [-0.2, 0) is 11.3 Å². The number of fused-ring (bicyclic) bond motifs is 1. The highest BCUT2D eigenvalue weighted by atomic mass is 32.1. The van der Waals surface area contributed by atoms with Gasteiger partial charge in [0, 0.05) is 25.3 Å². The van der Waals surface area contributed by atoms with Crippen molar-refractivity contribution in [1.29, 1.82) is 0 Å². The van der Waals surface area contributed by atoms with Crippen LogP contribution in [0.1, 0.15) is 15.9 Å². The molecule has 1 heterocycles. The molecule has 1 amide bonds. The number of rotatable bonds is 6. The molecule has 0 fully saturated rings. The topological polar surface area (TPSA) is 96.0 Å². The molecule has 0 aliphatic rings. The summed E-state index contributed by atoms with van der Waals surface area (Å²) in [5, 5.41) is 11.1. The zero-order chi connectivity index (χ0) is 20.3. The van der Waals surface area contributed by atoms with Gasteiger partial charge in [-0.15, -0.1) is 0 Å². The normalized spacial score (nSPS) is 11.8. The summed E-state index contributed by atoms with van der Waals surface area (Å²) in [6, 6.07) is 10.0. The van der Waals surface area contributed by atoms with Crippen molar-refractivity contribution in [2.45, 2.75) is 13.5 Å². The van der Waals surface area contributed by atoms with Gasteiger partial charge in [0.1, 0.15) is 5.75 Å². The number of nitrogens with zero attached hydrogens (tertiary/aromatic N) is 3. The molecule has 0 unspecified atom stereocenters. The van der Waals surface area contributed by atoms with Crippen LogP contribution in [0.3, 0.4) is 0 Å². The van der Waals surface area contributed by atoms with Crippen LogP contribution in [0.25, 0.3) is 10.2 Å². The second-order valence-corrected chi connectivity index (χ2v) is 7.00.